The van der Waals surface area contributed by atoms with Crippen molar-refractivity contribution in [2.45, 2.75) is 44.3 Å². The summed E-state index contributed by atoms with van der Waals surface area (Å²) in [5, 5.41) is 3.58. The quantitative estimate of drug-likeness (QED) is 0.742. The highest BCUT2D eigenvalue weighted by Gasteiger charge is 2.36. The average Bonchev–Trinajstić information content (AvgIpc) is 3.10. The normalized spacial score (nSPS) is 22.8. The Morgan fingerprint density at radius 3 is 2.45 bits per heavy atom. The fraction of sp³-hybridized carbons (Fsp3) is 0.524. The van der Waals surface area contributed by atoms with Gasteiger partial charge in [-0.1, -0.05) is 0 Å². The van der Waals surface area contributed by atoms with Gasteiger partial charge in [-0.3, -0.25) is 0 Å². The molecule has 2 fully saturated rings. The Morgan fingerprint density at radius 1 is 1.06 bits per heavy atom. The molecule has 1 N–H and O–H groups in total. The summed E-state index contributed by atoms with van der Waals surface area (Å²) in [6.45, 7) is 1.97. The molecule has 166 valence electrons. The maximum absolute atomic E-state index is 14.5. The van der Waals surface area contributed by atoms with E-state index in [4.69, 9.17) is 4.74 Å². The molecule has 3 aliphatic rings. The molecule has 0 saturated carbocycles. The summed E-state index contributed by atoms with van der Waals surface area (Å²) in [4.78, 5) is 12.7. The summed E-state index contributed by atoms with van der Waals surface area (Å²) in [6.07, 6.45) is -0.450. The second-order valence-corrected chi connectivity index (χ2v) is 8.27. The lowest BCUT2D eigenvalue weighted by Crippen LogP contribution is -2.52. The summed E-state index contributed by atoms with van der Waals surface area (Å²) >= 11 is 0. The number of fused-ring (bicyclic) bond motifs is 3. The lowest BCUT2D eigenvalue weighted by Gasteiger charge is -2.37. The number of nitrogens with one attached hydrogen (secondary N) is 1. The lowest BCUT2D eigenvalue weighted by atomic mass is 10.0. The highest BCUT2D eigenvalue weighted by atomic mass is 19.3. The molecule has 0 aliphatic carbocycles. The van der Waals surface area contributed by atoms with Gasteiger partial charge in [0.25, 0.3) is 6.43 Å². The first-order valence-electron chi connectivity index (χ1n) is 10.4. The van der Waals surface area contributed by atoms with Crippen LogP contribution in [0.3, 0.4) is 0 Å². The van der Waals surface area contributed by atoms with Crippen molar-refractivity contribution in [2.75, 3.05) is 36.5 Å². The van der Waals surface area contributed by atoms with Gasteiger partial charge in [0.2, 0.25) is 0 Å². The monoisotopic (exact) mass is 437 g/mol. The van der Waals surface area contributed by atoms with Gasteiger partial charge in [0, 0.05) is 37.3 Å². The summed E-state index contributed by atoms with van der Waals surface area (Å²) in [7, 11) is 1.47. The molecule has 4 heterocycles. The van der Waals surface area contributed by atoms with E-state index in [2.05, 4.69) is 20.2 Å². The van der Waals surface area contributed by atoms with Gasteiger partial charge in [-0.25, -0.2) is 17.6 Å². The molecule has 5 rings (SSSR count). The van der Waals surface area contributed by atoms with Crippen LogP contribution in [0, 0.1) is 11.6 Å². The number of rotatable bonds is 4. The Morgan fingerprint density at radius 2 is 1.77 bits per heavy atom. The standard InChI is InChI=1S/C21H23F4N5O/c1-31-21-27-16-10-29(18-15(23)5-4-14(22)17(18)19(24)25)7-6-13(16)20(28-21)30-8-11-2-3-12(9-30)26-11/h4-5,11-12,19,26H,2-3,6-10H2,1H3. The molecular formula is C21H23F4N5O. The number of hydrogen-bond acceptors (Lipinski definition) is 6. The number of aromatic nitrogens is 2. The fourth-order valence-electron chi connectivity index (χ4n) is 4.99. The molecule has 0 spiro atoms. The molecule has 1 aromatic heterocycles. The molecule has 3 aliphatic heterocycles. The van der Waals surface area contributed by atoms with Crippen LogP contribution in [0.1, 0.15) is 36.1 Å². The Hall–Kier alpha value is -2.62. The van der Waals surface area contributed by atoms with Gasteiger partial charge in [0.15, 0.2) is 0 Å². The highest BCUT2D eigenvalue weighted by molar-refractivity contribution is 5.60. The minimum Gasteiger partial charge on any atom is -0.467 e. The molecule has 2 unspecified atom stereocenters. The summed E-state index contributed by atoms with van der Waals surface area (Å²) in [5.74, 6) is -1.21. The number of methoxy groups -OCH3 is 1. The minimum atomic E-state index is -3.13. The van der Waals surface area contributed by atoms with Crippen molar-refractivity contribution in [1.82, 2.24) is 15.3 Å². The number of anilines is 2. The van der Waals surface area contributed by atoms with E-state index in [1.54, 1.807) is 0 Å². The lowest BCUT2D eigenvalue weighted by molar-refractivity contribution is 0.146. The molecule has 2 bridgehead atoms. The molecule has 1 aromatic carbocycles. The van der Waals surface area contributed by atoms with E-state index in [0.717, 1.165) is 49.4 Å². The molecule has 2 aromatic rings. The van der Waals surface area contributed by atoms with Gasteiger partial charge < -0.3 is 19.9 Å². The minimum absolute atomic E-state index is 0.0697. The molecule has 2 atom stereocenters. The van der Waals surface area contributed by atoms with E-state index in [0.29, 0.717) is 24.2 Å². The average molecular weight is 437 g/mol. The zero-order valence-electron chi connectivity index (χ0n) is 17.0. The number of hydrogen-bond donors (Lipinski definition) is 1. The van der Waals surface area contributed by atoms with Gasteiger partial charge in [-0.05, 0) is 31.4 Å². The third kappa shape index (κ3) is 3.56. The Balaban J connectivity index is 1.52. The van der Waals surface area contributed by atoms with Crippen LogP contribution in [0.5, 0.6) is 6.01 Å². The molecule has 31 heavy (non-hydrogen) atoms. The van der Waals surface area contributed by atoms with E-state index < -0.39 is 29.3 Å². The van der Waals surface area contributed by atoms with Crippen LogP contribution >= 0.6 is 0 Å². The molecule has 2 saturated heterocycles. The smallest absolute Gasteiger partial charge is 0.318 e. The van der Waals surface area contributed by atoms with E-state index >= 15 is 0 Å². The first-order valence-corrected chi connectivity index (χ1v) is 10.4. The Labute approximate surface area is 177 Å². The van der Waals surface area contributed by atoms with Crippen LogP contribution in [0.2, 0.25) is 0 Å². The summed E-state index contributed by atoms with van der Waals surface area (Å²) < 4.78 is 61.0. The summed E-state index contributed by atoms with van der Waals surface area (Å²) in [5.41, 5.74) is 0.181. The van der Waals surface area contributed by atoms with Crippen LogP contribution in [0.4, 0.5) is 29.1 Å². The third-order valence-corrected chi connectivity index (χ3v) is 6.37. The molecule has 6 nitrogen and oxygen atoms in total. The van der Waals surface area contributed by atoms with Crippen LogP contribution in [-0.2, 0) is 13.0 Å². The molecule has 10 heteroatoms. The number of halogens is 4. The van der Waals surface area contributed by atoms with E-state index in [-0.39, 0.29) is 19.1 Å². The maximum atomic E-state index is 14.5. The predicted molar refractivity (Wildman–Crippen MR) is 107 cm³/mol. The van der Waals surface area contributed by atoms with Gasteiger partial charge >= 0.3 is 6.01 Å². The van der Waals surface area contributed by atoms with Gasteiger partial charge in [-0.15, -0.1) is 0 Å². The SMILES string of the molecule is COc1nc2c(c(N3CC4CCC(C3)N4)n1)CCN(c1c(F)ccc(F)c1C(F)F)C2. The number of benzene rings is 1. The van der Waals surface area contributed by atoms with Crippen molar-refractivity contribution in [3.63, 3.8) is 0 Å². The second kappa shape index (κ2) is 7.81. The predicted octanol–water partition coefficient (Wildman–Crippen LogP) is 3.20. The second-order valence-electron chi connectivity index (χ2n) is 8.27. The van der Waals surface area contributed by atoms with Crippen LogP contribution in [0.15, 0.2) is 12.1 Å². The van der Waals surface area contributed by atoms with Crippen molar-refractivity contribution in [3.05, 3.63) is 40.6 Å². The van der Waals surface area contributed by atoms with Gasteiger partial charge in [0.1, 0.15) is 17.5 Å². The van der Waals surface area contributed by atoms with Crippen molar-refractivity contribution in [2.24, 2.45) is 0 Å². The Kier molecular flexibility index (Phi) is 5.11. The number of nitrogens with zero attached hydrogens (tertiary/aromatic N) is 4. The number of ether oxygens (including phenoxy) is 1. The van der Waals surface area contributed by atoms with Crippen molar-refractivity contribution < 1.29 is 22.3 Å². The first kappa shape index (κ1) is 20.3. The largest absolute Gasteiger partial charge is 0.467 e. The molecule has 0 amide bonds. The van der Waals surface area contributed by atoms with Crippen LogP contribution in [0.25, 0.3) is 0 Å². The summed E-state index contributed by atoms with van der Waals surface area (Å²) in [6, 6.07) is 2.61. The van der Waals surface area contributed by atoms with Crippen molar-refractivity contribution in [1.29, 1.82) is 0 Å². The van der Waals surface area contributed by atoms with Gasteiger partial charge in [0.05, 0.1) is 30.6 Å². The van der Waals surface area contributed by atoms with E-state index in [1.165, 1.54) is 12.0 Å². The van der Waals surface area contributed by atoms with Crippen molar-refractivity contribution >= 4 is 11.5 Å². The zero-order valence-corrected chi connectivity index (χ0v) is 17.0. The van der Waals surface area contributed by atoms with Crippen LogP contribution in [-0.4, -0.2) is 48.8 Å². The number of alkyl halides is 2. The fourth-order valence-corrected chi connectivity index (χ4v) is 4.99. The maximum Gasteiger partial charge on any atom is 0.318 e. The highest BCUT2D eigenvalue weighted by Crippen LogP contribution is 2.38. The molecule has 0 radical (unpaired) electrons. The Bertz CT molecular complexity index is 992. The van der Waals surface area contributed by atoms with Crippen LogP contribution < -0.4 is 19.9 Å². The topological polar surface area (TPSA) is 53.5 Å². The van der Waals surface area contributed by atoms with Crippen molar-refractivity contribution in [3.8, 4) is 6.01 Å². The molecular weight excluding hydrogens is 414 g/mol. The first-order chi connectivity index (χ1) is 14.9. The number of piperazine rings is 1. The van der Waals surface area contributed by atoms with Gasteiger partial charge in [-0.2, -0.15) is 9.97 Å². The van der Waals surface area contributed by atoms with E-state index in [9.17, 15) is 17.6 Å². The zero-order chi connectivity index (χ0) is 21.7. The third-order valence-electron chi connectivity index (χ3n) is 6.37. The van der Waals surface area contributed by atoms with E-state index in [1.807, 2.05) is 0 Å².